The van der Waals surface area contributed by atoms with Gasteiger partial charge in [0.05, 0.1) is 5.56 Å². The molecule has 1 fully saturated rings. The van der Waals surface area contributed by atoms with Gasteiger partial charge in [-0.15, -0.1) is 0 Å². The Balaban J connectivity index is 1.59. The molecule has 0 bridgehead atoms. The molecule has 1 aromatic heterocycles. The van der Waals surface area contributed by atoms with Crippen molar-refractivity contribution in [1.29, 1.82) is 0 Å². The number of anilines is 3. The van der Waals surface area contributed by atoms with Crippen molar-refractivity contribution in [2.24, 2.45) is 0 Å². The van der Waals surface area contributed by atoms with E-state index in [4.69, 9.17) is 0 Å². The lowest BCUT2D eigenvalue weighted by Gasteiger charge is -2.28. The van der Waals surface area contributed by atoms with Crippen LogP contribution in [0.3, 0.4) is 0 Å². The summed E-state index contributed by atoms with van der Waals surface area (Å²) in [4.78, 5) is 22.7. The predicted molar refractivity (Wildman–Crippen MR) is 100 cm³/mol. The third-order valence-corrected chi connectivity index (χ3v) is 4.29. The van der Waals surface area contributed by atoms with Crippen LogP contribution in [0.5, 0.6) is 0 Å². The maximum atomic E-state index is 11.8. The zero-order valence-corrected chi connectivity index (χ0v) is 14.7. The van der Waals surface area contributed by atoms with E-state index in [0.29, 0.717) is 18.1 Å². The topological polar surface area (TPSA) is 70.2 Å². The van der Waals surface area contributed by atoms with E-state index in [0.717, 1.165) is 25.2 Å². The fourth-order valence-electron chi connectivity index (χ4n) is 2.89. The molecule has 1 aliphatic heterocycles. The monoisotopic (exact) mass is 339 g/mol. The van der Waals surface area contributed by atoms with Gasteiger partial charge in [0, 0.05) is 43.4 Å². The van der Waals surface area contributed by atoms with E-state index >= 15 is 0 Å². The average molecular weight is 339 g/mol. The van der Waals surface area contributed by atoms with Crippen molar-refractivity contribution in [1.82, 2.24) is 15.3 Å². The minimum Gasteiger partial charge on any atom is -0.372 e. The lowest BCUT2D eigenvalue weighted by molar-refractivity contribution is 0.0953. The third kappa shape index (κ3) is 4.68. The van der Waals surface area contributed by atoms with E-state index in [9.17, 15) is 4.79 Å². The number of carbonyl (C=O) groups is 1. The highest BCUT2D eigenvalue weighted by Crippen LogP contribution is 2.22. The van der Waals surface area contributed by atoms with Crippen LogP contribution in [0.15, 0.2) is 36.7 Å². The molecule has 1 saturated heterocycles. The van der Waals surface area contributed by atoms with E-state index in [1.807, 2.05) is 19.1 Å². The van der Waals surface area contributed by atoms with Crippen molar-refractivity contribution in [2.45, 2.75) is 32.6 Å². The summed E-state index contributed by atoms with van der Waals surface area (Å²) in [6, 6.07) is 8.32. The van der Waals surface area contributed by atoms with Gasteiger partial charge in [-0.25, -0.2) is 9.97 Å². The molecule has 1 amide bonds. The first kappa shape index (κ1) is 17.2. The van der Waals surface area contributed by atoms with E-state index in [1.165, 1.54) is 24.9 Å². The number of carbonyl (C=O) groups excluding carboxylic acids is 1. The van der Waals surface area contributed by atoms with Crippen LogP contribution in [0, 0.1) is 0 Å². The summed E-state index contributed by atoms with van der Waals surface area (Å²) < 4.78 is 0. The van der Waals surface area contributed by atoms with Crippen LogP contribution in [0.25, 0.3) is 0 Å². The lowest BCUT2D eigenvalue weighted by Crippen LogP contribution is -2.29. The van der Waals surface area contributed by atoms with Crippen molar-refractivity contribution in [3.05, 3.63) is 42.2 Å². The number of hydrogen-bond acceptors (Lipinski definition) is 5. The zero-order valence-electron chi connectivity index (χ0n) is 14.7. The van der Waals surface area contributed by atoms with Crippen molar-refractivity contribution >= 4 is 23.2 Å². The van der Waals surface area contributed by atoms with E-state index in [1.54, 1.807) is 12.4 Å². The Morgan fingerprint density at radius 3 is 2.40 bits per heavy atom. The zero-order chi connectivity index (χ0) is 17.5. The molecule has 2 aromatic rings. The first-order valence-corrected chi connectivity index (χ1v) is 8.98. The second kappa shape index (κ2) is 8.46. The number of amides is 1. The highest BCUT2D eigenvalue weighted by atomic mass is 16.1. The van der Waals surface area contributed by atoms with Crippen molar-refractivity contribution in [2.75, 3.05) is 29.9 Å². The predicted octanol–water partition coefficient (Wildman–Crippen LogP) is 3.35. The Labute approximate surface area is 148 Å². The maximum absolute atomic E-state index is 11.8. The average Bonchev–Trinajstić information content (AvgIpc) is 2.68. The molecule has 2 heterocycles. The molecule has 2 N–H and O–H groups in total. The van der Waals surface area contributed by atoms with Crippen LogP contribution >= 0.6 is 0 Å². The molecule has 0 atom stereocenters. The van der Waals surface area contributed by atoms with Gasteiger partial charge < -0.3 is 15.5 Å². The van der Waals surface area contributed by atoms with Gasteiger partial charge in [0.1, 0.15) is 0 Å². The fraction of sp³-hybridized carbons (Fsp3) is 0.421. The molecule has 1 aliphatic rings. The van der Waals surface area contributed by atoms with E-state index in [-0.39, 0.29) is 5.91 Å². The number of nitrogens with zero attached hydrogens (tertiary/aromatic N) is 3. The summed E-state index contributed by atoms with van der Waals surface area (Å²) >= 11 is 0. The molecule has 132 valence electrons. The highest BCUT2D eigenvalue weighted by Gasteiger charge is 2.11. The van der Waals surface area contributed by atoms with Gasteiger partial charge in [-0.05, 0) is 49.9 Å². The van der Waals surface area contributed by atoms with Crippen LogP contribution < -0.4 is 15.5 Å². The summed E-state index contributed by atoms with van der Waals surface area (Å²) in [7, 11) is 0. The summed E-state index contributed by atoms with van der Waals surface area (Å²) in [5.74, 6) is 0.344. The quantitative estimate of drug-likeness (QED) is 0.844. The molecule has 0 spiro atoms. The Bertz CT molecular complexity index is 678. The number of benzene rings is 1. The Kier molecular flexibility index (Phi) is 5.82. The van der Waals surface area contributed by atoms with Crippen LogP contribution in [0.1, 0.15) is 43.0 Å². The van der Waals surface area contributed by atoms with Crippen molar-refractivity contribution in [3.63, 3.8) is 0 Å². The van der Waals surface area contributed by atoms with Crippen molar-refractivity contribution < 1.29 is 4.79 Å². The Morgan fingerprint density at radius 2 is 1.76 bits per heavy atom. The highest BCUT2D eigenvalue weighted by molar-refractivity contribution is 5.93. The molecule has 25 heavy (non-hydrogen) atoms. The summed E-state index contributed by atoms with van der Waals surface area (Å²) in [5, 5.41) is 5.98. The second-order valence-electron chi connectivity index (χ2n) is 6.27. The molecule has 6 heteroatoms. The number of piperidine rings is 1. The normalized spacial score (nSPS) is 14.2. The van der Waals surface area contributed by atoms with Gasteiger partial charge in [0.15, 0.2) is 0 Å². The minimum atomic E-state index is -0.140. The van der Waals surface area contributed by atoms with E-state index in [2.05, 4.69) is 37.6 Å². The summed E-state index contributed by atoms with van der Waals surface area (Å²) in [6.45, 7) is 4.94. The van der Waals surface area contributed by atoms with Gasteiger partial charge in [-0.2, -0.15) is 0 Å². The number of hydrogen-bond donors (Lipinski definition) is 2. The molecule has 0 saturated carbocycles. The molecule has 6 nitrogen and oxygen atoms in total. The van der Waals surface area contributed by atoms with Gasteiger partial charge in [0.2, 0.25) is 5.95 Å². The molecule has 0 aliphatic carbocycles. The van der Waals surface area contributed by atoms with Crippen molar-refractivity contribution in [3.8, 4) is 0 Å². The molecular formula is C19H25N5O. The number of nitrogens with one attached hydrogen (secondary N) is 2. The standard InChI is InChI=1S/C19H25N5O/c1-2-10-20-18(25)15-13-21-19(22-14-15)23-16-6-8-17(9-7-16)24-11-4-3-5-12-24/h6-9,13-14H,2-5,10-12H2,1H3,(H,20,25)(H,21,22,23). The smallest absolute Gasteiger partial charge is 0.254 e. The fourth-order valence-corrected chi connectivity index (χ4v) is 2.89. The lowest BCUT2D eigenvalue weighted by atomic mass is 10.1. The third-order valence-electron chi connectivity index (χ3n) is 4.29. The van der Waals surface area contributed by atoms with Gasteiger partial charge in [0.25, 0.3) is 5.91 Å². The molecule has 1 aromatic carbocycles. The van der Waals surface area contributed by atoms with Crippen LogP contribution in [-0.2, 0) is 0 Å². The summed E-state index contributed by atoms with van der Waals surface area (Å²) in [5.41, 5.74) is 2.66. The number of aromatic nitrogens is 2. The summed E-state index contributed by atoms with van der Waals surface area (Å²) in [6.07, 6.45) is 7.86. The molecular weight excluding hydrogens is 314 g/mol. The molecule has 0 radical (unpaired) electrons. The molecule has 3 rings (SSSR count). The Hall–Kier alpha value is -2.63. The second-order valence-corrected chi connectivity index (χ2v) is 6.27. The van der Waals surface area contributed by atoms with Gasteiger partial charge >= 0.3 is 0 Å². The van der Waals surface area contributed by atoms with Crippen LogP contribution in [0.2, 0.25) is 0 Å². The first-order chi connectivity index (χ1) is 12.3. The maximum Gasteiger partial charge on any atom is 0.254 e. The largest absolute Gasteiger partial charge is 0.372 e. The van der Waals surface area contributed by atoms with Crippen LogP contribution in [0.4, 0.5) is 17.3 Å². The molecule has 0 unspecified atom stereocenters. The van der Waals surface area contributed by atoms with Gasteiger partial charge in [-0.3, -0.25) is 4.79 Å². The van der Waals surface area contributed by atoms with E-state index < -0.39 is 0 Å². The minimum absolute atomic E-state index is 0.140. The number of rotatable bonds is 6. The Morgan fingerprint density at radius 1 is 1.08 bits per heavy atom. The van der Waals surface area contributed by atoms with Crippen LogP contribution in [-0.4, -0.2) is 35.5 Å². The van der Waals surface area contributed by atoms with Gasteiger partial charge in [-0.1, -0.05) is 6.92 Å². The SMILES string of the molecule is CCCNC(=O)c1cnc(Nc2ccc(N3CCCCC3)cc2)nc1. The first-order valence-electron chi connectivity index (χ1n) is 8.98.